The highest BCUT2D eigenvalue weighted by Gasteiger charge is 2.24. The lowest BCUT2D eigenvalue weighted by molar-refractivity contribution is -0.117. The maximum atomic E-state index is 12.5. The van der Waals surface area contributed by atoms with Gasteiger partial charge in [-0.15, -0.1) is 0 Å². The molecule has 1 atom stereocenters. The molecule has 1 saturated heterocycles. The van der Waals surface area contributed by atoms with Crippen molar-refractivity contribution in [3.63, 3.8) is 0 Å². The average molecular weight is 387 g/mol. The fourth-order valence-electron chi connectivity index (χ4n) is 2.97. The van der Waals surface area contributed by atoms with Crippen molar-refractivity contribution in [3.05, 3.63) is 59.6 Å². The summed E-state index contributed by atoms with van der Waals surface area (Å²) in [4.78, 5) is 28.7. The van der Waals surface area contributed by atoms with E-state index in [2.05, 4.69) is 27.7 Å². The topological polar surface area (TPSA) is 64.7 Å². The Bertz CT molecular complexity index is 792. The first-order chi connectivity index (χ1) is 13.0. The van der Waals surface area contributed by atoms with Gasteiger partial charge in [-0.1, -0.05) is 35.9 Å². The summed E-state index contributed by atoms with van der Waals surface area (Å²) in [5.41, 5.74) is 1.76. The number of benzene rings is 2. The van der Waals surface area contributed by atoms with Gasteiger partial charge in [0.2, 0.25) is 5.91 Å². The van der Waals surface area contributed by atoms with Gasteiger partial charge in [-0.2, -0.15) is 0 Å². The first-order valence-electron chi connectivity index (χ1n) is 8.95. The zero-order valence-corrected chi connectivity index (χ0v) is 15.9. The van der Waals surface area contributed by atoms with Gasteiger partial charge in [-0.25, -0.2) is 4.79 Å². The summed E-state index contributed by atoms with van der Waals surface area (Å²) in [6.45, 7) is 4.42. The number of hydrogen-bond acceptors (Lipinski definition) is 3. The molecule has 0 saturated carbocycles. The van der Waals surface area contributed by atoms with Crippen molar-refractivity contribution in [1.29, 1.82) is 0 Å². The van der Waals surface area contributed by atoms with E-state index in [-0.39, 0.29) is 11.9 Å². The molecule has 1 fully saturated rings. The van der Waals surface area contributed by atoms with E-state index in [1.807, 2.05) is 18.2 Å². The van der Waals surface area contributed by atoms with Gasteiger partial charge >= 0.3 is 6.03 Å². The van der Waals surface area contributed by atoms with E-state index in [4.69, 9.17) is 11.6 Å². The smallest absolute Gasteiger partial charge is 0.318 e. The number of hydrogen-bond donors (Lipinski definition) is 2. The fraction of sp³-hybridized carbons (Fsp3) is 0.300. The van der Waals surface area contributed by atoms with Gasteiger partial charge in [0.05, 0.1) is 0 Å². The minimum Gasteiger partial charge on any atom is -0.368 e. The van der Waals surface area contributed by atoms with Gasteiger partial charge in [0, 0.05) is 42.6 Å². The number of urea groups is 1. The first-order valence-corrected chi connectivity index (χ1v) is 9.32. The van der Waals surface area contributed by atoms with E-state index in [1.54, 1.807) is 36.1 Å². The molecule has 0 radical (unpaired) electrons. The fourth-order valence-corrected chi connectivity index (χ4v) is 3.16. The van der Waals surface area contributed by atoms with Crippen LogP contribution in [0, 0.1) is 0 Å². The maximum absolute atomic E-state index is 12.5. The third kappa shape index (κ3) is 5.14. The Hall–Kier alpha value is -2.73. The number of carbonyl (C=O) groups is 2. The normalized spacial score (nSPS) is 15.2. The van der Waals surface area contributed by atoms with Crippen molar-refractivity contribution >= 4 is 34.9 Å². The Morgan fingerprint density at radius 3 is 2.37 bits per heavy atom. The molecule has 6 nitrogen and oxygen atoms in total. The molecule has 1 aliphatic rings. The third-order valence-corrected chi connectivity index (χ3v) is 4.75. The van der Waals surface area contributed by atoms with E-state index in [0.717, 1.165) is 18.8 Å². The number of amides is 3. The second kappa shape index (κ2) is 8.77. The Morgan fingerprint density at radius 1 is 1.00 bits per heavy atom. The van der Waals surface area contributed by atoms with Crippen molar-refractivity contribution in [1.82, 2.24) is 10.2 Å². The monoisotopic (exact) mass is 386 g/mol. The van der Waals surface area contributed by atoms with Gasteiger partial charge in [0.25, 0.3) is 0 Å². The zero-order chi connectivity index (χ0) is 19.2. The Labute approximate surface area is 164 Å². The second-order valence-corrected chi connectivity index (χ2v) is 6.92. The van der Waals surface area contributed by atoms with Crippen molar-refractivity contribution in [2.45, 2.75) is 13.0 Å². The molecular formula is C20H23ClN4O2. The Kier molecular flexibility index (Phi) is 6.19. The first kappa shape index (κ1) is 19.0. The van der Waals surface area contributed by atoms with Crippen LogP contribution >= 0.6 is 11.6 Å². The molecule has 1 heterocycles. The van der Waals surface area contributed by atoms with Crippen molar-refractivity contribution < 1.29 is 9.59 Å². The predicted molar refractivity (Wildman–Crippen MR) is 108 cm³/mol. The van der Waals surface area contributed by atoms with Crippen LogP contribution in [-0.2, 0) is 4.79 Å². The van der Waals surface area contributed by atoms with Crippen molar-refractivity contribution in [2.24, 2.45) is 0 Å². The Balaban J connectivity index is 1.48. The summed E-state index contributed by atoms with van der Waals surface area (Å²) in [6, 6.07) is 16.2. The van der Waals surface area contributed by atoms with E-state index >= 15 is 0 Å². The molecule has 3 amide bonds. The number of para-hydroxylation sites is 1. The summed E-state index contributed by atoms with van der Waals surface area (Å²) in [5, 5.41) is 6.06. The average Bonchev–Trinajstić information content (AvgIpc) is 2.68. The van der Waals surface area contributed by atoms with Gasteiger partial charge in [-0.3, -0.25) is 4.79 Å². The molecule has 7 heteroatoms. The quantitative estimate of drug-likeness (QED) is 0.848. The zero-order valence-electron chi connectivity index (χ0n) is 15.2. The van der Waals surface area contributed by atoms with Crippen LogP contribution < -0.4 is 15.5 Å². The lowest BCUT2D eigenvalue weighted by atomic mass is 10.2. The SMILES string of the molecule is CC(NC(=O)N1CCN(c2ccccc2)CC1)C(=O)Nc1cccc(Cl)c1. The summed E-state index contributed by atoms with van der Waals surface area (Å²) < 4.78 is 0. The summed E-state index contributed by atoms with van der Waals surface area (Å²) in [6.07, 6.45) is 0. The van der Waals surface area contributed by atoms with Gasteiger partial charge in [0.15, 0.2) is 0 Å². The molecule has 142 valence electrons. The number of rotatable bonds is 4. The lowest BCUT2D eigenvalue weighted by Gasteiger charge is -2.36. The highest BCUT2D eigenvalue weighted by molar-refractivity contribution is 6.30. The number of halogens is 1. The minimum absolute atomic E-state index is 0.226. The summed E-state index contributed by atoms with van der Waals surface area (Å²) in [5.74, 6) is -0.284. The minimum atomic E-state index is -0.649. The highest BCUT2D eigenvalue weighted by Crippen LogP contribution is 2.16. The molecule has 2 aromatic carbocycles. The van der Waals surface area contributed by atoms with Gasteiger partial charge in [-0.05, 0) is 37.3 Å². The predicted octanol–water partition coefficient (Wildman–Crippen LogP) is 3.20. The van der Waals surface area contributed by atoms with Crippen LogP contribution in [0.25, 0.3) is 0 Å². The van der Waals surface area contributed by atoms with Crippen LogP contribution in [0.15, 0.2) is 54.6 Å². The standard InChI is InChI=1S/C20H23ClN4O2/c1-15(19(26)23-17-7-5-6-16(21)14-17)22-20(27)25-12-10-24(11-13-25)18-8-3-2-4-9-18/h2-9,14-15H,10-13H2,1H3,(H,22,27)(H,23,26). The molecule has 1 unspecified atom stereocenters. The number of anilines is 2. The molecule has 1 aliphatic heterocycles. The lowest BCUT2D eigenvalue weighted by Crippen LogP contribution is -2.54. The van der Waals surface area contributed by atoms with Crippen LogP contribution in [0.1, 0.15) is 6.92 Å². The van der Waals surface area contributed by atoms with Crippen LogP contribution in [0.4, 0.5) is 16.2 Å². The molecule has 0 aromatic heterocycles. The van der Waals surface area contributed by atoms with Crippen molar-refractivity contribution in [3.8, 4) is 0 Å². The second-order valence-electron chi connectivity index (χ2n) is 6.48. The molecule has 0 spiro atoms. The van der Waals surface area contributed by atoms with Crippen LogP contribution in [0.3, 0.4) is 0 Å². The highest BCUT2D eigenvalue weighted by atomic mass is 35.5. The van der Waals surface area contributed by atoms with E-state index in [9.17, 15) is 9.59 Å². The summed E-state index contributed by atoms with van der Waals surface area (Å²) >= 11 is 5.92. The molecule has 3 rings (SSSR count). The number of carbonyl (C=O) groups excluding carboxylic acids is 2. The van der Waals surface area contributed by atoms with Crippen LogP contribution in [-0.4, -0.2) is 49.1 Å². The van der Waals surface area contributed by atoms with Gasteiger partial charge in [0.1, 0.15) is 6.04 Å². The molecule has 2 aromatic rings. The summed E-state index contributed by atoms with van der Waals surface area (Å²) in [7, 11) is 0. The number of nitrogens with zero attached hydrogens (tertiary/aromatic N) is 2. The van der Waals surface area contributed by atoms with E-state index < -0.39 is 6.04 Å². The molecule has 0 bridgehead atoms. The molecular weight excluding hydrogens is 364 g/mol. The van der Waals surface area contributed by atoms with E-state index in [1.165, 1.54) is 0 Å². The molecule has 2 N–H and O–H groups in total. The van der Waals surface area contributed by atoms with Gasteiger partial charge < -0.3 is 20.4 Å². The van der Waals surface area contributed by atoms with E-state index in [0.29, 0.717) is 23.8 Å². The Morgan fingerprint density at radius 2 is 1.70 bits per heavy atom. The van der Waals surface area contributed by atoms with Crippen LogP contribution in [0.2, 0.25) is 5.02 Å². The third-order valence-electron chi connectivity index (χ3n) is 4.51. The molecule has 27 heavy (non-hydrogen) atoms. The largest absolute Gasteiger partial charge is 0.368 e. The van der Waals surface area contributed by atoms with Crippen molar-refractivity contribution in [2.75, 3.05) is 36.4 Å². The maximum Gasteiger partial charge on any atom is 0.318 e. The van der Waals surface area contributed by atoms with Crippen LogP contribution in [0.5, 0.6) is 0 Å². The number of nitrogens with one attached hydrogen (secondary N) is 2. The molecule has 0 aliphatic carbocycles. The number of piperazine rings is 1.